The Morgan fingerprint density at radius 2 is 1.96 bits per heavy atom. The molecule has 0 aliphatic carbocycles. The standard InChI is InChI=1S/C20H14FN2O/c1-12-8-18-15(11-14(12)17-6-4-5-7-23(17)3)20-16(21)9-13(22-2)10-19(20)24-18/h4-11H,1,3H3/q+1. The third kappa shape index (κ3) is 2.06. The second-order valence-electron chi connectivity index (χ2n) is 5.87. The van der Waals surface area contributed by atoms with Crippen molar-refractivity contribution in [3.63, 3.8) is 0 Å². The normalized spacial score (nSPS) is 11.1. The first kappa shape index (κ1) is 14.4. The fourth-order valence-electron chi connectivity index (χ4n) is 3.13. The molecular formula is C20H14FN2O+. The number of pyridine rings is 1. The molecule has 0 unspecified atom stereocenters. The summed E-state index contributed by atoms with van der Waals surface area (Å²) in [5, 5.41) is 1.15. The third-order valence-corrected chi connectivity index (χ3v) is 4.31. The molecule has 2 heterocycles. The van der Waals surface area contributed by atoms with Gasteiger partial charge in [0.25, 0.3) is 0 Å². The zero-order valence-electron chi connectivity index (χ0n) is 13.3. The lowest BCUT2D eigenvalue weighted by Gasteiger charge is -2.04. The number of halogens is 1. The van der Waals surface area contributed by atoms with Crippen LogP contribution in [0.5, 0.6) is 0 Å². The van der Waals surface area contributed by atoms with E-state index in [9.17, 15) is 4.39 Å². The molecule has 2 aromatic heterocycles. The molecule has 24 heavy (non-hydrogen) atoms. The van der Waals surface area contributed by atoms with Crippen LogP contribution in [0.3, 0.4) is 0 Å². The van der Waals surface area contributed by atoms with E-state index in [1.54, 1.807) is 6.07 Å². The number of aromatic nitrogens is 1. The van der Waals surface area contributed by atoms with Crippen LogP contribution in [-0.2, 0) is 7.05 Å². The van der Waals surface area contributed by atoms with E-state index in [0.29, 0.717) is 16.6 Å². The van der Waals surface area contributed by atoms with Crippen LogP contribution in [0.2, 0.25) is 0 Å². The number of benzene rings is 2. The van der Waals surface area contributed by atoms with E-state index < -0.39 is 5.82 Å². The first-order chi connectivity index (χ1) is 11.6. The summed E-state index contributed by atoms with van der Waals surface area (Å²) >= 11 is 0. The van der Waals surface area contributed by atoms with Crippen molar-refractivity contribution in [1.82, 2.24) is 0 Å². The Hall–Kier alpha value is -3.19. The Labute approximate surface area is 138 Å². The van der Waals surface area contributed by atoms with Crippen molar-refractivity contribution in [1.29, 1.82) is 0 Å². The summed E-state index contributed by atoms with van der Waals surface area (Å²) in [5.41, 5.74) is 4.40. The van der Waals surface area contributed by atoms with Gasteiger partial charge in [-0.05, 0) is 42.8 Å². The lowest BCUT2D eigenvalue weighted by molar-refractivity contribution is -0.660. The van der Waals surface area contributed by atoms with Gasteiger partial charge in [0.05, 0.1) is 12.0 Å². The third-order valence-electron chi connectivity index (χ3n) is 4.31. The molecule has 3 nitrogen and oxygen atoms in total. The average Bonchev–Trinajstić information content (AvgIpc) is 2.92. The van der Waals surface area contributed by atoms with Gasteiger partial charge in [0.1, 0.15) is 24.0 Å². The predicted molar refractivity (Wildman–Crippen MR) is 91.3 cm³/mol. The van der Waals surface area contributed by atoms with Gasteiger partial charge in [0, 0.05) is 23.1 Å². The number of fused-ring (bicyclic) bond motifs is 3. The molecule has 0 saturated carbocycles. The minimum Gasteiger partial charge on any atom is -0.457 e. The van der Waals surface area contributed by atoms with Crippen molar-refractivity contribution in [2.24, 2.45) is 7.05 Å². The van der Waals surface area contributed by atoms with Crippen LogP contribution < -0.4 is 4.57 Å². The lowest BCUT2D eigenvalue weighted by Crippen LogP contribution is -2.30. The maximum atomic E-state index is 14.5. The summed E-state index contributed by atoms with van der Waals surface area (Å²) in [6, 6.07) is 12.7. The fourth-order valence-corrected chi connectivity index (χ4v) is 3.13. The first-order valence-corrected chi connectivity index (χ1v) is 7.57. The highest BCUT2D eigenvalue weighted by atomic mass is 19.1. The molecule has 0 N–H and O–H groups in total. The van der Waals surface area contributed by atoms with E-state index in [0.717, 1.165) is 22.2 Å². The quantitative estimate of drug-likeness (QED) is 0.354. The SMILES string of the molecule is [C-]#[N+]c1cc(F)c2c(c1)oc1cc(C)c(-c3cccc[n+]3C)cc12. The molecule has 116 valence electrons. The first-order valence-electron chi connectivity index (χ1n) is 7.57. The van der Waals surface area contributed by atoms with Crippen molar-refractivity contribution in [3.05, 3.63) is 71.5 Å². The highest BCUT2D eigenvalue weighted by Gasteiger charge is 2.18. The minimum atomic E-state index is -0.426. The summed E-state index contributed by atoms with van der Waals surface area (Å²) < 4.78 is 22.3. The van der Waals surface area contributed by atoms with Gasteiger partial charge in [-0.25, -0.2) is 13.8 Å². The van der Waals surface area contributed by atoms with Crippen molar-refractivity contribution in [2.75, 3.05) is 0 Å². The number of furan rings is 1. The molecule has 4 heteroatoms. The number of hydrogen-bond acceptors (Lipinski definition) is 1. The molecule has 0 amide bonds. The van der Waals surface area contributed by atoms with Gasteiger partial charge in [-0.1, -0.05) is 0 Å². The molecule has 0 saturated heterocycles. The molecule has 2 aromatic carbocycles. The van der Waals surface area contributed by atoms with Crippen LogP contribution >= 0.6 is 0 Å². The fraction of sp³-hybridized carbons (Fsp3) is 0.100. The zero-order chi connectivity index (χ0) is 16.8. The van der Waals surface area contributed by atoms with Crippen LogP contribution in [0, 0.1) is 19.3 Å². The summed E-state index contributed by atoms with van der Waals surface area (Å²) in [6.07, 6.45) is 1.98. The predicted octanol–water partition coefficient (Wildman–Crippen LogP) is 5.08. The smallest absolute Gasteiger partial charge is 0.212 e. The largest absolute Gasteiger partial charge is 0.457 e. The molecule has 0 aliphatic rings. The molecule has 0 fully saturated rings. The average molecular weight is 317 g/mol. The van der Waals surface area contributed by atoms with Crippen LogP contribution in [0.4, 0.5) is 10.1 Å². The van der Waals surface area contributed by atoms with Crippen LogP contribution in [0.15, 0.2) is 53.1 Å². The van der Waals surface area contributed by atoms with Gasteiger partial charge in [0.2, 0.25) is 5.69 Å². The Balaban J connectivity index is 2.09. The maximum Gasteiger partial charge on any atom is 0.212 e. The highest BCUT2D eigenvalue weighted by Crippen LogP contribution is 2.36. The molecular weight excluding hydrogens is 303 g/mol. The highest BCUT2D eigenvalue weighted by molar-refractivity contribution is 6.07. The van der Waals surface area contributed by atoms with E-state index in [4.69, 9.17) is 11.0 Å². The molecule has 0 atom stereocenters. The van der Waals surface area contributed by atoms with E-state index in [-0.39, 0.29) is 5.69 Å². The van der Waals surface area contributed by atoms with E-state index >= 15 is 0 Å². The van der Waals surface area contributed by atoms with Crippen LogP contribution in [0.1, 0.15) is 5.56 Å². The van der Waals surface area contributed by atoms with Gasteiger partial charge in [-0.15, -0.1) is 0 Å². The number of hydrogen-bond donors (Lipinski definition) is 0. The molecule has 0 bridgehead atoms. The molecule has 0 aliphatic heterocycles. The van der Waals surface area contributed by atoms with Crippen molar-refractivity contribution in [3.8, 4) is 11.3 Å². The molecule has 4 rings (SSSR count). The number of aryl methyl sites for hydroxylation is 2. The Morgan fingerprint density at radius 1 is 1.12 bits per heavy atom. The van der Waals surface area contributed by atoms with E-state index in [1.165, 1.54) is 6.07 Å². The van der Waals surface area contributed by atoms with Gasteiger partial charge >= 0.3 is 0 Å². The Kier molecular flexibility index (Phi) is 3.10. The molecule has 0 radical (unpaired) electrons. The van der Waals surface area contributed by atoms with E-state index in [2.05, 4.69) is 4.85 Å². The molecule has 0 spiro atoms. The van der Waals surface area contributed by atoms with Gasteiger partial charge in [-0.2, -0.15) is 0 Å². The Morgan fingerprint density at radius 3 is 2.71 bits per heavy atom. The van der Waals surface area contributed by atoms with Crippen molar-refractivity contribution >= 4 is 27.6 Å². The molecule has 4 aromatic rings. The number of rotatable bonds is 1. The van der Waals surface area contributed by atoms with E-state index in [1.807, 2.05) is 55.1 Å². The summed E-state index contributed by atoms with van der Waals surface area (Å²) in [7, 11) is 1.98. The van der Waals surface area contributed by atoms with Crippen LogP contribution in [0.25, 0.3) is 38.0 Å². The monoisotopic (exact) mass is 317 g/mol. The number of nitrogens with zero attached hydrogens (tertiary/aromatic N) is 2. The zero-order valence-corrected chi connectivity index (χ0v) is 13.3. The van der Waals surface area contributed by atoms with Gasteiger partial charge < -0.3 is 4.42 Å². The van der Waals surface area contributed by atoms with Gasteiger partial charge in [-0.3, -0.25) is 0 Å². The Bertz CT molecular complexity index is 1150. The maximum absolute atomic E-state index is 14.5. The summed E-state index contributed by atoms with van der Waals surface area (Å²) in [4.78, 5) is 3.29. The summed E-state index contributed by atoms with van der Waals surface area (Å²) in [5.74, 6) is -0.426. The van der Waals surface area contributed by atoms with Crippen molar-refractivity contribution < 1.29 is 13.4 Å². The second kappa shape index (κ2) is 5.17. The summed E-state index contributed by atoms with van der Waals surface area (Å²) in [6.45, 7) is 9.08. The topological polar surface area (TPSA) is 21.4 Å². The van der Waals surface area contributed by atoms with Gasteiger partial charge in [0.15, 0.2) is 11.9 Å². The lowest BCUT2D eigenvalue weighted by atomic mass is 10.0. The van der Waals surface area contributed by atoms with Crippen LogP contribution in [-0.4, -0.2) is 0 Å². The minimum absolute atomic E-state index is 0.241. The second-order valence-corrected chi connectivity index (χ2v) is 5.87. The van der Waals surface area contributed by atoms with Crippen molar-refractivity contribution in [2.45, 2.75) is 6.92 Å².